The summed E-state index contributed by atoms with van der Waals surface area (Å²) < 4.78 is 0. The molecule has 0 radical (unpaired) electrons. The van der Waals surface area contributed by atoms with Crippen molar-refractivity contribution in [2.24, 2.45) is 0 Å². The fourth-order valence-electron chi connectivity index (χ4n) is 2.98. The number of amides is 2. The molecule has 0 fully saturated rings. The lowest BCUT2D eigenvalue weighted by atomic mass is 10.1. The molecule has 148 valence electrons. The summed E-state index contributed by atoms with van der Waals surface area (Å²) in [5.74, 6) is 0.324. The number of aromatic nitrogens is 1. The Kier molecular flexibility index (Phi) is 6.24. The highest BCUT2D eigenvalue weighted by Crippen LogP contribution is 2.22. The molecule has 2 amide bonds. The van der Waals surface area contributed by atoms with Crippen LogP contribution in [-0.4, -0.2) is 16.8 Å². The standard InChI is InChI=1S/C23H24N4O2/c1-4-17-7-5-6-15(2)22(17)27-23(29)18-8-13-21(24-14-18)26-20-11-9-19(10-12-20)25-16(3)28/h5-14H,4H2,1-3H3,(H,24,26)(H,25,28)(H,27,29). The van der Waals surface area contributed by atoms with Crippen molar-refractivity contribution in [2.45, 2.75) is 27.2 Å². The van der Waals surface area contributed by atoms with Gasteiger partial charge in [0.1, 0.15) is 5.82 Å². The highest BCUT2D eigenvalue weighted by atomic mass is 16.2. The number of pyridine rings is 1. The van der Waals surface area contributed by atoms with Crippen LogP contribution in [0.2, 0.25) is 0 Å². The van der Waals surface area contributed by atoms with Crippen LogP contribution >= 0.6 is 0 Å². The number of aryl methyl sites for hydroxylation is 2. The number of para-hydroxylation sites is 1. The number of benzene rings is 2. The van der Waals surface area contributed by atoms with Gasteiger partial charge in [-0.3, -0.25) is 9.59 Å². The van der Waals surface area contributed by atoms with Crippen LogP contribution in [0.3, 0.4) is 0 Å². The van der Waals surface area contributed by atoms with Gasteiger partial charge >= 0.3 is 0 Å². The molecule has 0 aliphatic heterocycles. The van der Waals surface area contributed by atoms with Crippen molar-refractivity contribution in [3.8, 4) is 0 Å². The van der Waals surface area contributed by atoms with Gasteiger partial charge in [-0.1, -0.05) is 25.1 Å². The summed E-state index contributed by atoms with van der Waals surface area (Å²) in [6, 6.07) is 16.8. The summed E-state index contributed by atoms with van der Waals surface area (Å²) in [5.41, 5.74) is 5.05. The van der Waals surface area contributed by atoms with Gasteiger partial charge < -0.3 is 16.0 Å². The van der Waals surface area contributed by atoms with E-state index >= 15 is 0 Å². The average molecular weight is 388 g/mol. The van der Waals surface area contributed by atoms with E-state index < -0.39 is 0 Å². The zero-order valence-electron chi connectivity index (χ0n) is 16.7. The van der Waals surface area contributed by atoms with Gasteiger partial charge in [0.05, 0.1) is 5.56 Å². The van der Waals surface area contributed by atoms with Crippen LogP contribution in [0.15, 0.2) is 60.8 Å². The lowest BCUT2D eigenvalue weighted by Gasteiger charge is -2.13. The van der Waals surface area contributed by atoms with Crippen LogP contribution in [-0.2, 0) is 11.2 Å². The van der Waals surface area contributed by atoms with Gasteiger partial charge in [-0.15, -0.1) is 0 Å². The van der Waals surface area contributed by atoms with Crippen molar-refractivity contribution in [1.29, 1.82) is 0 Å². The van der Waals surface area contributed by atoms with Gasteiger partial charge in [0, 0.05) is 30.2 Å². The average Bonchev–Trinajstić information content (AvgIpc) is 2.71. The van der Waals surface area contributed by atoms with Crippen LogP contribution in [0, 0.1) is 6.92 Å². The summed E-state index contributed by atoms with van der Waals surface area (Å²) in [5, 5.41) is 8.90. The summed E-state index contributed by atoms with van der Waals surface area (Å²) in [6.07, 6.45) is 2.40. The summed E-state index contributed by atoms with van der Waals surface area (Å²) >= 11 is 0. The Hall–Kier alpha value is -3.67. The molecule has 1 heterocycles. The Morgan fingerprint density at radius 3 is 2.28 bits per heavy atom. The molecule has 3 aromatic rings. The number of hydrogen-bond acceptors (Lipinski definition) is 4. The van der Waals surface area contributed by atoms with Gasteiger partial charge in [-0.2, -0.15) is 0 Å². The van der Waals surface area contributed by atoms with Gasteiger partial charge in [-0.05, 0) is 60.9 Å². The topological polar surface area (TPSA) is 83.1 Å². The predicted octanol–water partition coefficient (Wildman–Crippen LogP) is 4.91. The van der Waals surface area contributed by atoms with Crippen LogP contribution in [0.1, 0.15) is 35.3 Å². The molecule has 6 heteroatoms. The Labute approximate surface area is 170 Å². The minimum atomic E-state index is -0.187. The second-order valence-corrected chi connectivity index (χ2v) is 6.73. The largest absolute Gasteiger partial charge is 0.340 e. The third kappa shape index (κ3) is 5.19. The Morgan fingerprint density at radius 1 is 0.931 bits per heavy atom. The second kappa shape index (κ2) is 9.01. The van der Waals surface area contributed by atoms with Crippen LogP contribution in [0.5, 0.6) is 0 Å². The SMILES string of the molecule is CCc1cccc(C)c1NC(=O)c1ccc(Nc2ccc(NC(C)=O)cc2)nc1. The monoisotopic (exact) mass is 388 g/mol. The van der Waals surface area contributed by atoms with E-state index in [1.165, 1.54) is 6.92 Å². The van der Waals surface area contributed by atoms with Crippen molar-refractivity contribution < 1.29 is 9.59 Å². The van der Waals surface area contributed by atoms with Crippen molar-refractivity contribution in [3.63, 3.8) is 0 Å². The number of hydrogen-bond donors (Lipinski definition) is 3. The molecule has 1 aromatic heterocycles. The van der Waals surface area contributed by atoms with E-state index in [-0.39, 0.29) is 11.8 Å². The minimum Gasteiger partial charge on any atom is -0.340 e. The third-order valence-corrected chi connectivity index (χ3v) is 4.48. The molecule has 2 aromatic carbocycles. The Bertz CT molecular complexity index is 1010. The number of nitrogens with one attached hydrogen (secondary N) is 3. The molecule has 0 saturated carbocycles. The van der Waals surface area contributed by atoms with Crippen molar-refractivity contribution in [3.05, 3.63) is 77.5 Å². The first-order chi connectivity index (χ1) is 14.0. The van der Waals surface area contributed by atoms with E-state index in [0.29, 0.717) is 11.4 Å². The van der Waals surface area contributed by atoms with Crippen molar-refractivity contribution in [2.75, 3.05) is 16.0 Å². The molecular formula is C23H24N4O2. The third-order valence-electron chi connectivity index (χ3n) is 4.48. The van der Waals surface area contributed by atoms with Gasteiger partial charge in [0.2, 0.25) is 5.91 Å². The second-order valence-electron chi connectivity index (χ2n) is 6.73. The summed E-state index contributed by atoms with van der Waals surface area (Å²) in [6.45, 7) is 5.52. The molecule has 0 atom stereocenters. The fraction of sp³-hybridized carbons (Fsp3) is 0.174. The molecule has 0 bridgehead atoms. The predicted molar refractivity (Wildman–Crippen MR) is 117 cm³/mol. The zero-order chi connectivity index (χ0) is 20.8. The minimum absolute atomic E-state index is 0.113. The molecule has 0 unspecified atom stereocenters. The molecule has 3 N–H and O–H groups in total. The fourth-order valence-corrected chi connectivity index (χ4v) is 2.98. The maximum atomic E-state index is 12.6. The van der Waals surface area contributed by atoms with E-state index in [1.54, 1.807) is 30.5 Å². The number of anilines is 4. The maximum Gasteiger partial charge on any atom is 0.257 e. The van der Waals surface area contributed by atoms with E-state index in [0.717, 1.165) is 34.6 Å². The highest BCUT2D eigenvalue weighted by Gasteiger charge is 2.11. The first-order valence-corrected chi connectivity index (χ1v) is 9.47. The first-order valence-electron chi connectivity index (χ1n) is 9.47. The van der Waals surface area contributed by atoms with Gasteiger partial charge in [0.25, 0.3) is 5.91 Å². The normalized spacial score (nSPS) is 10.3. The smallest absolute Gasteiger partial charge is 0.257 e. The number of nitrogens with zero attached hydrogens (tertiary/aromatic N) is 1. The first kappa shape index (κ1) is 20.1. The highest BCUT2D eigenvalue weighted by molar-refractivity contribution is 6.05. The molecular weight excluding hydrogens is 364 g/mol. The molecule has 3 rings (SSSR count). The van der Waals surface area contributed by atoms with Crippen LogP contribution in [0.4, 0.5) is 22.9 Å². The number of carbonyl (C=O) groups excluding carboxylic acids is 2. The van der Waals surface area contributed by atoms with Crippen LogP contribution in [0.25, 0.3) is 0 Å². The summed E-state index contributed by atoms with van der Waals surface area (Å²) in [7, 11) is 0. The molecule has 0 aliphatic rings. The van der Waals surface area contributed by atoms with E-state index in [2.05, 4.69) is 27.9 Å². The van der Waals surface area contributed by atoms with Crippen LogP contribution < -0.4 is 16.0 Å². The summed E-state index contributed by atoms with van der Waals surface area (Å²) in [4.78, 5) is 28.0. The van der Waals surface area contributed by atoms with Crippen molar-refractivity contribution >= 4 is 34.7 Å². The van der Waals surface area contributed by atoms with E-state index in [9.17, 15) is 9.59 Å². The van der Waals surface area contributed by atoms with Gasteiger partial charge in [0.15, 0.2) is 0 Å². The van der Waals surface area contributed by atoms with Gasteiger partial charge in [-0.25, -0.2) is 4.98 Å². The Balaban J connectivity index is 1.67. The van der Waals surface area contributed by atoms with E-state index in [4.69, 9.17) is 0 Å². The molecule has 0 saturated heterocycles. The maximum absolute atomic E-state index is 12.6. The lowest BCUT2D eigenvalue weighted by molar-refractivity contribution is -0.114. The zero-order valence-corrected chi connectivity index (χ0v) is 16.7. The number of carbonyl (C=O) groups is 2. The molecule has 29 heavy (non-hydrogen) atoms. The Morgan fingerprint density at radius 2 is 1.66 bits per heavy atom. The molecule has 0 spiro atoms. The van der Waals surface area contributed by atoms with Crippen molar-refractivity contribution in [1.82, 2.24) is 4.98 Å². The number of rotatable bonds is 6. The molecule has 6 nitrogen and oxygen atoms in total. The quantitative estimate of drug-likeness (QED) is 0.560. The van der Waals surface area contributed by atoms with E-state index in [1.807, 2.05) is 37.3 Å². The lowest BCUT2D eigenvalue weighted by Crippen LogP contribution is -2.14. The molecule has 0 aliphatic carbocycles.